The number of alkyl halides is 3. The Balaban J connectivity index is 1.95. The van der Waals surface area contributed by atoms with Gasteiger partial charge < -0.3 is 15.1 Å². The first kappa shape index (κ1) is 17.3. The summed E-state index contributed by atoms with van der Waals surface area (Å²) in [4.78, 5) is 26.0. The smallest absolute Gasteiger partial charge is 0.393 e. The van der Waals surface area contributed by atoms with E-state index in [0.717, 1.165) is 0 Å². The van der Waals surface area contributed by atoms with Gasteiger partial charge in [0.1, 0.15) is 5.76 Å². The summed E-state index contributed by atoms with van der Waals surface area (Å²) in [5.41, 5.74) is 5.05. The van der Waals surface area contributed by atoms with Crippen molar-refractivity contribution in [3.63, 3.8) is 0 Å². The Kier molecular flexibility index (Phi) is 4.98. The molecule has 1 aliphatic heterocycles. The number of carbonyl (C=O) groups excluding carboxylic acids is 2. The third-order valence-corrected chi connectivity index (χ3v) is 3.94. The number of nitrogens with zero attached hydrogens (tertiary/aromatic N) is 2. The molecular weight excluding hydrogens is 315 g/mol. The lowest BCUT2D eigenvalue weighted by Gasteiger charge is -2.21. The molecule has 1 saturated heterocycles. The average molecular weight is 333 g/mol. The summed E-state index contributed by atoms with van der Waals surface area (Å²) in [6, 6.07) is 3.38. The van der Waals surface area contributed by atoms with Crippen molar-refractivity contribution in [2.75, 3.05) is 26.7 Å². The number of primary amides is 1. The molecule has 0 radical (unpaired) electrons. The highest BCUT2D eigenvalue weighted by atomic mass is 19.4. The van der Waals surface area contributed by atoms with Gasteiger partial charge in [0.25, 0.3) is 0 Å². The van der Waals surface area contributed by atoms with Crippen molar-refractivity contribution < 1.29 is 27.2 Å². The van der Waals surface area contributed by atoms with Gasteiger partial charge in [-0.15, -0.1) is 0 Å². The second-order valence-electron chi connectivity index (χ2n) is 5.68. The standard InChI is InChI=1S/C14H18F3N3O3/c1-19(5-9-3-2-4-23-9)12(21)8-20-6-10(13(18)22)11(7-20)14(15,16)17/h2-4,10-11H,5-8H2,1H3,(H2,18,22)/t10-,11-/m1/s1. The molecular formula is C14H18F3N3O3. The molecule has 1 aromatic rings. The molecule has 2 atom stereocenters. The summed E-state index contributed by atoms with van der Waals surface area (Å²) in [5.74, 6) is -3.93. The minimum Gasteiger partial charge on any atom is -0.467 e. The summed E-state index contributed by atoms with van der Waals surface area (Å²) in [5, 5.41) is 0. The van der Waals surface area contributed by atoms with Crippen LogP contribution in [-0.4, -0.2) is 54.5 Å². The van der Waals surface area contributed by atoms with Crippen LogP contribution in [0.5, 0.6) is 0 Å². The van der Waals surface area contributed by atoms with Gasteiger partial charge in [0.05, 0.1) is 31.2 Å². The van der Waals surface area contributed by atoms with Crippen molar-refractivity contribution >= 4 is 11.8 Å². The van der Waals surface area contributed by atoms with Crippen LogP contribution in [0.2, 0.25) is 0 Å². The Bertz CT molecular complexity index is 559. The third-order valence-electron chi connectivity index (χ3n) is 3.94. The van der Waals surface area contributed by atoms with Crippen LogP contribution < -0.4 is 5.73 Å². The Morgan fingerprint density at radius 2 is 2.13 bits per heavy atom. The molecule has 1 fully saturated rings. The first-order chi connectivity index (χ1) is 10.7. The van der Waals surface area contributed by atoms with Crippen molar-refractivity contribution in [3.05, 3.63) is 24.2 Å². The molecule has 9 heteroatoms. The first-order valence-corrected chi connectivity index (χ1v) is 7.03. The van der Waals surface area contributed by atoms with Crippen molar-refractivity contribution in [1.29, 1.82) is 0 Å². The van der Waals surface area contributed by atoms with Gasteiger partial charge in [-0.1, -0.05) is 0 Å². The summed E-state index contributed by atoms with van der Waals surface area (Å²) in [7, 11) is 1.54. The zero-order valence-corrected chi connectivity index (χ0v) is 12.5. The molecule has 0 bridgehead atoms. The Morgan fingerprint density at radius 3 is 2.61 bits per heavy atom. The van der Waals surface area contributed by atoms with Crippen molar-refractivity contribution in [2.24, 2.45) is 17.6 Å². The highest BCUT2D eigenvalue weighted by molar-refractivity contribution is 5.79. The van der Waals surface area contributed by atoms with Crippen LogP contribution in [0.25, 0.3) is 0 Å². The van der Waals surface area contributed by atoms with E-state index in [9.17, 15) is 22.8 Å². The number of rotatable bonds is 5. The number of hydrogen-bond acceptors (Lipinski definition) is 4. The molecule has 6 nitrogen and oxygen atoms in total. The monoisotopic (exact) mass is 333 g/mol. The van der Waals surface area contributed by atoms with Gasteiger partial charge in [-0.3, -0.25) is 14.5 Å². The highest BCUT2D eigenvalue weighted by Crippen LogP contribution is 2.37. The number of likely N-dealkylation sites (tertiary alicyclic amines) is 1. The van der Waals surface area contributed by atoms with E-state index < -0.39 is 30.5 Å². The van der Waals surface area contributed by atoms with Gasteiger partial charge in [-0.2, -0.15) is 13.2 Å². The van der Waals surface area contributed by atoms with E-state index in [1.807, 2.05) is 0 Å². The van der Waals surface area contributed by atoms with E-state index in [0.29, 0.717) is 5.76 Å². The van der Waals surface area contributed by atoms with E-state index in [2.05, 4.69) is 0 Å². The molecule has 23 heavy (non-hydrogen) atoms. The van der Waals surface area contributed by atoms with Gasteiger partial charge in [0.15, 0.2) is 0 Å². The third kappa shape index (κ3) is 4.25. The fourth-order valence-electron chi connectivity index (χ4n) is 2.67. The molecule has 0 aromatic carbocycles. The topological polar surface area (TPSA) is 79.8 Å². The zero-order chi connectivity index (χ0) is 17.2. The molecule has 0 aliphatic carbocycles. The van der Waals surface area contributed by atoms with Gasteiger partial charge in [-0.25, -0.2) is 0 Å². The molecule has 2 N–H and O–H groups in total. The fraction of sp³-hybridized carbons (Fsp3) is 0.571. The Morgan fingerprint density at radius 1 is 1.43 bits per heavy atom. The normalized spacial score (nSPS) is 22.3. The van der Waals surface area contributed by atoms with E-state index in [4.69, 9.17) is 10.2 Å². The minimum atomic E-state index is -4.52. The summed E-state index contributed by atoms with van der Waals surface area (Å²) >= 11 is 0. The lowest BCUT2D eigenvalue weighted by molar-refractivity contribution is -0.182. The van der Waals surface area contributed by atoms with Crippen molar-refractivity contribution in [3.8, 4) is 0 Å². The second-order valence-corrected chi connectivity index (χ2v) is 5.68. The molecule has 2 heterocycles. The number of carbonyl (C=O) groups is 2. The van der Waals surface area contributed by atoms with Gasteiger partial charge in [-0.05, 0) is 12.1 Å². The number of hydrogen-bond donors (Lipinski definition) is 1. The number of likely N-dealkylation sites (N-methyl/N-ethyl adjacent to an activating group) is 1. The predicted octanol–water partition coefficient (Wildman–Crippen LogP) is 0.834. The summed E-state index contributed by atoms with van der Waals surface area (Å²) < 4.78 is 44.0. The van der Waals surface area contributed by atoms with Crippen LogP contribution in [0.4, 0.5) is 13.2 Å². The average Bonchev–Trinajstić information content (AvgIpc) is 3.06. The van der Waals surface area contributed by atoms with E-state index in [1.54, 1.807) is 12.1 Å². The maximum Gasteiger partial charge on any atom is 0.393 e. The molecule has 128 valence electrons. The quantitative estimate of drug-likeness (QED) is 0.866. The Hall–Kier alpha value is -2.03. The number of furan rings is 1. The Labute approximate surface area is 131 Å². The SMILES string of the molecule is CN(Cc1ccco1)C(=O)CN1C[C@@H](C(F)(F)F)[C@H](C(N)=O)C1. The van der Waals surface area contributed by atoms with E-state index in [1.165, 1.54) is 23.1 Å². The van der Waals surface area contributed by atoms with E-state index in [-0.39, 0.29) is 25.5 Å². The molecule has 1 aliphatic rings. The van der Waals surface area contributed by atoms with Crippen LogP contribution in [0.15, 0.2) is 22.8 Å². The minimum absolute atomic E-state index is 0.167. The van der Waals surface area contributed by atoms with E-state index >= 15 is 0 Å². The van der Waals surface area contributed by atoms with Crippen LogP contribution in [0.3, 0.4) is 0 Å². The molecule has 0 saturated carbocycles. The number of halogens is 3. The maximum absolute atomic E-state index is 13.0. The van der Waals surface area contributed by atoms with Crippen LogP contribution in [-0.2, 0) is 16.1 Å². The largest absolute Gasteiger partial charge is 0.467 e. The summed E-state index contributed by atoms with van der Waals surface area (Å²) in [6.45, 7) is -0.549. The molecule has 0 spiro atoms. The van der Waals surface area contributed by atoms with Gasteiger partial charge in [0, 0.05) is 20.1 Å². The lowest BCUT2D eigenvalue weighted by Crippen LogP contribution is -2.37. The maximum atomic E-state index is 13.0. The second kappa shape index (κ2) is 6.61. The van der Waals surface area contributed by atoms with Crippen molar-refractivity contribution in [1.82, 2.24) is 9.80 Å². The summed E-state index contributed by atoms with van der Waals surface area (Å²) in [6.07, 6.45) is -3.04. The zero-order valence-electron chi connectivity index (χ0n) is 12.5. The number of nitrogens with two attached hydrogens (primary N) is 1. The molecule has 2 rings (SSSR count). The van der Waals surface area contributed by atoms with Gasteiger partial charge >= 0.3 is 6.18 Å². The predicted molar refractivity (Wildman–Crippen MR) is 73.9 cm³/mol. The van der Waals surface area contributed by atoms with Crippen molar-refractivity contribution in [2.45, 2.75) is 12.7 Å². The van der Waals surface area contributed by atoms with Crippen LogP contribution >= 0.6 is 0 Å². The van der Waals surface area contributed by atoms with Crippen LogP contribution in [0, 0.1) is 11.8 Å². The molecule has 1 aromatic heterocycles. The number of amides is 2. The van der Waals surface area contributed by atoms with Crippen LogP contribution in [0.1, 0.15) is 5.76 Å². The van der Waals surface area contributed by atoms with Gasteiger partial charge in [0.2, 0.25) is 11.8 Å². The molecule has 2 amide bonds. The first-order valence-electron chi connectivity index (χ1n) is 7.03. The fourth-order valence-corrected chi connectivity index (χ4v) is 2.67. The molecule has 0 unspecified atom stereocenters. The lowest BCUT2D eigenvalue weighted by atomic mass is 9.95. The highest BCUT2D eigenvalue weighted by Gasteiger charge is 2.51.